The number of rotatable bonds is 12. The first-order valence-corrected chi connectivity index (χ1v) is 13.8. The molecule has 0 atom stereocenters. The Morgan fingerprint density at radius 1 is 1.00 bits per heavy atom. The molecule has 0 radical (unpaired) electrons. The standard InChI is InChI=1S/C25H27FN6O3S2.ClH/c1-30(2)15-6-18-32(25-29-23-21(26)7-3-8-22(23)36-25)24(33)19-9-11-20(12-10-19)37(34,35)31(16-4-13-27)17-5-14-28;/h3,7-12H,4-6,15-18H2,1-2H3;1H. The highest BCUT2D eigenvalue weighted by Crippen LogP contribution is 2.31. The average Bonchev–Trinajstić information content (AvgIpc) is 3.31. The normalized spacial score (nSPS) is 11.2. The number of fused-ring (bicyclic) bond motifs is 1. The van der Waals surface area contributed by atoms with Gasteiger partial charge < -0.3 is 4.90 Å². The number of aromatic nitrogens is 1. The van der Waals surface area contributed by atoms with Crippen LogP contribution in [0.2, 0.25) is 0 Å². The summed E-state index contributed by atoms with van der Waals surface area (Å²) < 4.78 is 42.1. The van der Waals surface area contributed by atoms with Crippen LogP contribution < -0.4 is 4.90 Å². The Morgan fingerprint density at radius 3 is 2.18 bits per heavy atom. The van der Waals surface area contributed by atoms with E-state index in [0.717, 1.165) is 10.8 Å². The molecule has 0 bridgehead atoms. The molecule has 0 aliphatic rings. The number of benzene rings is 2. The number of sulfonamides is 1. The van der Waals surface area contributed by atoms with Crippen LogP contribution in [-0.4, -0.2) is 68.8 Å². The molecule has 1 aromatic heterocycles. The highest BCUT2D eigenvalue weighted by Gasteiger charge is 2.26. The number of amides is 1. The molecule has 2 aromatic carbocycles. The molecule has 9 nitrogen and oxygen atoms in total. The molecule has 0 saturated carbocycles. The van der Waals surface area contributed by atoms with Gasteiger partial charge in [-0.2, -0.15) is 14.8 Å². The van der Waals surface area contributed by atoms with E-state index in [1.54, 1.807) is 12.1 Å². The molecule has 1 amide bonds. The van der Waals surface area contributed by atoms with Crippen LogP contribution in [0.4, 0.5) is 9.52 Å². The van der Waals surface area contributed by atoms with Gasteiger partial charge in [0.15, 0.2) is 5.13 Å². The number of carbonyl (C=O) groups excluding carboxylic acids is 1. The minimum Gasteiger partial charge on any atom is -0.309 e. The van der Waals surface area contributed by atoms with Gasteiger partial charge >= 0.3 is 0 Å². The molecule has 0 N–H and O–H groups in total. The summed E-state index contributed by atoms with van der Waals surface area (Å²) >= 11 is 1.21. The number of nitriles is 2. The summed E-state index contributed by atoms with van der Waals surface area (Å²) in [5.74, 6) is -0.847. The van der Waals surface area contributed by atoms with Crippen molar-refractivity contribution < 1.29 is 17.6 Å². The van der Waals surface area contributed by atoms with Gasteiger partial charge in [0.05, 0.1) is 21.7 Å². The highest BCUT2D eigenvalue weighted by atomic mass is 35.5. The molecule has 3 rings (SSSR count). The van der Waals surface area contributed by atoms with E-state index in [4.69, 9.17) is 10.5 Å². The van der Waals surface area contributed by atoms with Gasteiger partial charge in [-0.3, -0.25) is 9.69 Å². The topological polar surface area (TPSA) is 121 Å². The zero-order chi connectivity index (χ0) is 27.0. The number of para-hydroxylation sites is 1. The lowest BCUT2D eigenvalue weighted by molar-refractivity contribution is 0.0986. The van der Waals surface area contributed by atoms with E-state index < -0.39 is 15.8 Å². The second-order valence-electron chi connectivity index (χ2n) is 8.44. The van der Waals surface area contributed by atoms with Gasteiger partial charge in [-0.15, -0.1) is 12.4 Å². The Balaban J connectivity index is 0.00000507. The van der Waals surface area contributed by atoms with E-state index in [1.807, 2.05) is 31.1 Å². The number of halogens is 2. The Kier molecular flexibility index (Phi) is 11.6. The smallest absolute Gasteiger partial charge is 0.260 e. The molecule has 0 unspecified atom stereocenters. The SMILES string of the molecule is CN(C)CCCN(C(=O)c1ccc(S(=O)(=O)N(CCC#N)CCC#N)cc1)c1nc2c(F)cccc2s1.Cl. The van der Waals surface area contributed by atoms with E-state index in [1.165, 1.54) is 46.6 Å². The molecule has 0 saturated heterocycles. The highest BCUT2D eigenvalue weighted by molar-refractivity contribution is 7.89. The fraction of sp³-hybridized carbons (Fsp3) is 0.360. The molecular formula is C25H28ClFN6O3S2. The van der Waals surface area contributed by atoms with Crippen LogP contribution in [0.25, 0.3) is 10.2 Å². The lowest BCUT2D eigenvalue weighted by Gasteiger charge is -2.22. The second-order valence-corrected chi connectivity index (χ2v) is 11.4. The summed E-state index contributed by atoms with van der Waals surface area (Å²) in [6, 6.07) is 14.0. The number of hydrogen-bond acceptors (Lipinski definition) is 8. The molecular weight excluding hydrogens is 551 g/mol. The van der Waals surface area contributed by atoms with Gasteiger partial charge in [0.25, 0.3) is 5.91 Å². The van der Waals surface area contributed by atoms with Crippen molar-refractivity contribution in [2.75, 3.05) is 45.2 Å². The van der Waals surface area contributed by atoms with Crippen molar-refractivity contribution in [3.8, 4) is 12.1 Å². The first-order chi connectivity index (χ1) is 17.7. The molecule has 3 aromatic rings. The maximum Gasteiger partial charge on any atom is 0.260 e. The Labute approximate surface area is 232 Å². The van der Waals surface area contributed by atoms with Crippen LogP contribution in [0.1, 0.15) is 29.6 Å². The largest absolute Gasteiger partial charge is 0.309 e. The predicted octanol–water partition coefficient (Wildman–Crippen LogP) is 4.27. The monoisotopic (exact) mass is 578 g/mol. The van der Waals surface area contributed by atoms with Gasteiger partial charge in [0.1, 0.15) is 11.3 Å². The van der Waals surface area contributed by atoms with Gasteiger partial charge in [0.2, 0.25) is 10.0 Å². The Hall–Kier alpha value is -3.13. The third kappa shape index (κ3) is 7.47. The Morgan fingerprint density at radius 2 is 1.63 bits per heavy atom. The summed E-state index contributed by atoms with van der Waals surface area (Å²) in [6.45, 7) is 1.00. The first-order valence-electron chi connectivity index (χ1n) is 11.5. The molecule has 0 spiro atoms. The summed E-state index contributed by atoms with van der Waals surface area (Å²) in [5.41, 5.74) is 0.452. The molecule has 0 aliphatic carbocycles. The molecule has 38 heavy (non-hydrogen) atoms. The van der Waals surface area contributed by atoms with Crippen LogP contribution in [0, 0.1) is 28.5 Å². The van der Waals surface area contributed by atoms with Crippen molar-refractivity contribution >= 4 is 55.0 Å². The fourth-order valence-corrected chi connectivity index (χ4v) is 6.07. The number of carbonyl (C=O) groups is 1. The molecule has 202 valence electrons. The summed E-state index contributed by atoms with van der Waals surface area (Å²) in [7, 11) is -0.106. The van der Waals surface area contributed by atoms with E-state index in [0.29, 0.717) is 22.8 Å². The van der Waals surface area contributed by atoms with E-state index in [-0.39, 0.29) is 60.2 Å². The van der Waals surface area contributed by atoms with Crippen molar-refractivity contribution in [1.29, 1.82) is 10.5 Å². The lowest BCUT2D eigenvalue weighted by Crippen LogP contribution is -2.34. The second kappa shape index (κ2) is 14.1. The summed E-state index contributed by atoms with van der Waals surface area (Å²) in [5, 5.41) is 18.1. The number of anilines is 1. The lowest BCUT2D eigenvalue weighted by atomic mass is 10.2. The number of nitrogens with zero attached hydrogens (tertiary/aromatic N) is 6. The third-order valence-electron chi connectivity index (χ3n) is 5.51. The zero-order valence-electron chi connectivity index (χ0n) is 21.0. The third-order valence-corrected chi connectivity index (χ3v) is 8.46. The predicted molar refractivity (Wildman–Crippen MR) is 147 cm³/mol. The van der Waals surface area contributed by atoms with Gasteiger partial charge in [-0.05, 0) is 63.5 Å². The van der Waals surface area contributed by atoms with E-state index in [9.17, 15) is 17.6 Å². The maximum atomic E-state index is 14.3. The molecule has 1 heterocycles. The minimum absolute atomic E-state index is 0. The number of thiazole rings is 1. The van der Waals surface area contributed by atoms with Crippen LogP contribution in [0.3, 0.4) is 0 Å². The van der Waals surface area contributed by atoms with Crippen molar-refractivity contribution in [3.63, 3.8) is 0 Å². The first kappa shape index (κ1) is 31.1. The average molecular weight is 579 g/mol. The van der Waals surface area contributed by atoms with Crippen LogP contribution in [0.15, 0.2) is 47.4 Å². The van der Waals surface area contributed by atoms with Gasteiger partial charge in [-0.25, -0.2) is 17.8 Å². The molecule has 0 fully saturated rings. The van der Waals surface area contributed by atoms with Gasteiger partial charge in [-0.1, -0.05) is 17.4 Å². The minimum atomic E-state index is -3.96. The van der Waals surface area contributed by atoms with E-state index >= 15 is 0 Å². The maximum absolute atomic E-state index is 14.3. The fourth-order valence-electron chi connectivity index (χ4n) is 3.62. The van der Waals surface area contributed by atoms with Crippen LogP contribution >= 0.6 is 23.7 Å². The summed E-state index contributed by atoms with van der Waals surface area (Å²) in [4.78, 5) is 21.3. The van der Waals surface area contributed by atoms with E-state index in [2.05, 4.69) is 4.98 Å². The van der Waals surface area contributed by atoms with Crippen molar-refractivity contribution in [2.45, 2.75) is 24.2 Å². The molecule has 13 heteroatoms. The van der Waals surface area contributed by atoms with Gasteiger partial charge in [0, 0.05) is 38.0 Å². The van der Waals surface area contributed by atoms with Crippen LogP contribution in [-0.2, 0) is 10.0 Å². The van der Waals surface area contributed by atoms with Crippen molar-refractivity contribution in [1.82, 2.24) is 14.2 Å². The van der Waals surface area contributed by atoms with Crippen molar-refractivity contribution in [3.05, 3.63) is 53.8 Å². The zero-order valence-corrected chi connectivity index (χ0v) is 23.5. The number of hydrogen-bond donors (Lipinski definition) is 0. The summed E-state index contributed by atoms with van der Waals surface area (Å²) in [6.07, 6.45) is 0.633. The van der Waals surface area contributed by atoms with Crippen molar-refractivity contribution in [2.24, 2.45) is 0 Å². The Bertz CT molecular complexity index is 1410. The van der Waals surface area contributed by atoms with Crippen LogP contribution in [0.5, 0.6) is 0 Å². The molecule has 0 aliphatic heterocycles. The quantitative estimate of drug-likeness (QED) is 0.314.